The summed E-state index contributed by atoms with van der Waals surface area (Å²) in [7, 11) is 0. The minimum atomic E-state index is -1.01. The summed E-state index contributed by atoms with van der Waals surface area (Å²) < 4.78 is 6.10. The number of phenols is 2. The molecule has 6 rings (SSSR count). The normalized spacial score (nSPS) is 15.2. The molecule has 0 bridgehead atoms. The van der Waals surface area contributed by atoms with Gasteiger partial charge in [0.25, 0.3) is 5.91 Å². The van der Waals surface area contributed by atoms with Crippen molar-refractivity contribution < 1.29 is 19.7 Å². The summed E-state index contributed by atoms with van der Waals surface area (Å²) in [6.07, 6.45) is 0. The molecule has 5 heteroatoms. The van der Waals surface area contributed by atoms with E-state index in [9.17, 15) is 15.0 Å². The maximum atomic E-state index is 13.8. The second-order valence-electron chi connectivity index (χ2n) is 7.70. The molecule has 0 aromatic heterocycles. The molecule has 5 nitrogen and oxygen atoms in total. The highest BCUT2D eigenvalue weighted by Crippen LogP contribution is 2.59. The Morgan fingerprint density at radius 1 is 0.677 bits per heavy atom. The van der Waals surface area contributed by atoms with Crippen molar-refractivity contribution in [3.63, 3.8) is 0 Å². The number of anilines is 1. The zero-order chi connectivity index (χ0) is 21.2. The lowest BCUT2D eigenvalue weighted by molar-refractivity contribution is 0.0986. The molecule has 1 spiro atoms. The number of fused-ring (bicyclic) bond motifs is 6. The molecule has 0 saturated heterocycles. The first-order valence-electron chi connectivity index (χ1n) is 9.94. The van der Waals surface area contributed by atoms with Gasteiger partial charge >= 0.3 is 0 Å². The average molecular weight is 407 g/mol. The molecule has 0 radical (unpaired) electrons. The predicted octanol–water partition coefficient (Wildman–Crippen LogP) is 5.16. The molecular formula is C26H17NO4. The van der Waals surface area contributed by atoms with Gasteiger partial charge in [-0.1, -0.05) is 36.4 Å². The number of amides is 1. The molecule has 0 unspecified atom stereocenters. The third-order valence-electron chi connectivity index (χ3n) is 6.03. The maximum absolute atomic E-state index is 13.8. The Bertz CT molecular complexity index is 1310. The van der Waals surface area contributed by atoms with E-state index >= 15 is 0 Å². The third kappa shape index (κ3) is 2.23. The number of hydrogen-bond donors (Lipinski definition) is 2. The Morgan fingerprint density at radius 2 is 1.26 bits per heavy atom. The van der Waals surface area contributed by atoms with Crippen molar-refractivity contribution in [2.45, 2.75) is 5.54 Å². The van der Waals surface area contributed by atoms with Crippen LogP contribution >= 0.6 is 0 Å². The number of ether oxygens (including phenoxy) is 1. The molecule has 1 amide bonds. The predicted molar refractivity (Wildman–Crippen MR) is 116 cm³/mol. The SMILES string of the molecule is O=C1c2ccccc2C2(c3ccc(O)cc3Oc3cc(O)ccc32)N1c1ccccc1. The Kier molecular flexibility index (Phi) is 3.48. The first-order valence-corrected chi connectivity index (χ1v) is 9.94. The highest BCUT2D eigenvalue weighted by molar-refractivity contribution is 6.14. The minimum absolute atomic E-state index is 0.0568. The zero-order valence-electron chi connectivity index (χ0n) is 16.3. The number of benzene rings is 4. The number of carbonyl (C=O) groups excluding carboxylic acids is 1. The van der Waals surface area contributed by atoms with Crippen LogP contribution in [0.2, 0.25) is 0 Å². The smallest absolute Gasteiger partial charge is 0.260 e. The number of aromatic hydroxyl groups is 2. The van der Waals surface area contributed by atoms with E-state index in [4.69, 9.17) is 4.74 Å². The van der Waals surface area contributed by atoms with Crippen LogP contribution in [0.5, 0.6) is 23.0 Å². The summed E-state index contributed by atoms with van der Waals surface area (Å²) in [4.78, 5) is 15.6. The van der Waals surface area contributed by atoms with Crippen LogP contribution in [0.1, 0.15) is 27.0 Å². The molecule has 0 saturated carbocycles. The van der Waals surface area contributed by atoms with Crippen molar-refractivity contribution in [1.29, 1.82) is 0 Å². The lowest BCUT2D eigenvalue weighted by Crippen LogP contribution is -2.47. The quantitative estimate of drug-likeness (QED) is 0.458. The van der Waals surface area contributed by atoms with Gasteiger partial charge in [0.15, 0.2) is 0 Å². The molecule has 4 aromatic rings. The largest absolute Gasteiger partial charge is 0.508 e. The molecule has 150 valence electrons. The van der Waals surface area contributed by atoms with Crippen LogP contribution in [0.25, 0.3) is 0 Å². The van der Waals surface area contributed by atoms with Crippen LogP contribution in [0.4, 0.5) is 5.69 Å². The van der Waals surface area contributed by atoms with Gasteiger partial charge in [-0.3, -0.25) is 9.69 Å². The molecular weight excluding hydrogens is 390 g/mol. The van der Waals surface area contributed by atoms with Gasteiger partial charge in [-0.2, -0.15) is 0 Å². The highest BCUT2D eigenvalue weighted by atomic mass is 16.5. The van der Waals surface area contributed by atoms with E-state index in [-0.39, 0.29) is 17.4 Å². The first-order chi connectivity index (χ1) is 15.1. The van der Waals surface area contributed by atoms with Crippen molar-refractivity contribution in [2.75, 3.05) is 4.90 Å². The van der Waals surface area contributed by atoms with Crippen LogP contribution in [0.15, 0.2) is 91.0 Å². The number of phenolic OH excluding ortho intramolecular Hbond substituents is 2. The number of hydrogen-bond acceptors (Lipinski definition) is 4. The van der Waals surface area contributed by atoms with Crippen LogP contribution in [0.3, 0.4) is 0 Å². The molecule has 0 aliphatic carbocycles. The van der Waals surface area contributed by atoms with Gasteiger partial charge in [0, 0.05) is 40.1 Å². The Labute approximate surface area is 178 Å². The molecule has 2 N–H and O–H groups in total. The Balaban J connectivity index is 1.80. The van der Waals surface area contributed by atoms with Crippen LogP contribution in [-0.4, -0.2) is 16.1 Å². The molecule has 2 heterocycles. The fourth-order valence-corrected chi connectivity index (χ4v) is 4.85. The summed E-state index contributed by atoms with van der Waals surface area (Å²) in [5, 5.41) is 20.3. The third-order valence-corrected chi connectivity index (χ3v) is 6.03. The number of rotatable bonds is 1. The Morgan fingerprint density at radius 3 is 1.90 bits per heavy atom. The van der Waals surface area contributed by atoms with Gasteiger partial charge in [0.2, 0.25) is 0 Å². The summed E-state index contributed by atoms with van der Waals surface area (Å²) in [5.74, 6) is 0.858. The summed E-state index contributed by atoms with van der Waals surface area (Å²) in [6.45, 7) is 0. The summed E-state index contributed by atoms with van der Waals surface area (Å²) in [6, 6.07) is 26.9. The zero-order valence-corrected chi connectivity index (χ0v) is 16.3. The van der Waals surface area contributed by atoms with E-state index in [1.165, 1.54) is 0 Å². The van der Waals surface area contributed by atoms with Crippen LogP contribution < -0.4 is 9.64 Å². The van der Waals surface area contributed by atoms with E-state index in [1.54, 1.807) is 41.3 Å². The van der Waals surface area contributed by atoms with Crippen molar-refractivity contribution in [2.24, 2.45) is 0 Å². The van der Waals surface area contributed by atoms with Crippen molar-refractivity contribution >= 4 is 11.6 Å². The second-order valence-corrected chi connectivity index (χ2v) is 7.70. The van der Waals surface area contributed by atoms with E-state index in [0.29, 0.717) is 17.1 Å². The fourth-order valence-electron chi connectivity index (χ4n) is 4.85. The number of carbonyl (C=O) groups is 1. The lowest BCUT2D eigenvalue weighted by Gasteiger charge is -2.44. The van der Waals surface area contributed by atoms with Gasteiger partial charge in [-0.25, -0.2) is 0 Å². The van der Waals surface area contributed by atoms with Crippen molar-refractivity contribution in [1.82, 2.24) is 0 Å². The molecule has 0 fully saturated rings. The number of para-hydroxylation sites is 1. The van der Waals surface area contributed by atoms with Gasteiger partial charge in [-0.05, 0) is 42.5 Å². The summed E-state index contributed by atoms with van der Waals surface area (Å²) >= 11 is 0. The maximum Gasteiger partial charge on any atom is 0.260 e. The topological polar surface area (TPSA) is 70.0 Å². The molecule has 4 aromatic carbocycles. The van der Waals surface area contributed by atoms with E-state index in [2.05, 4.69) is 0 Å². The first kappa shape index (κ1) is 17.6. The second kappa shape index (κ2) is 6.12. The Hall–Kier alpha value is -4.25. The van der Waals surface area contributed by atoms with Crippen LogP contribution in [0, 0.1) is 0 Å². The fraction of sp³-hybridized carbons (Fsp3) is 0.0385. The van der Waals surface area contributed by atoms with Gasteiger partial charge in [-0.15, -0.1) is 0 Å². The summed E-state index contributed by atoms with van der Waals surface area (Å²) in [5.41, 5.74) is 2.64. The van der Waals surface area contributed by atoms with E-state index in [0.717, 1.165) is 22.4 Å². The highest BCUT2D eigenvalue weighted by Gasteiger charge is 2.56. The van der Waals surface area contributed by atoms with E-state index < -0.39 is 5.54 Å². The molecule has 2 aliphatic heterocycles. The standard InChI is InChI=1S/C26H17NO4/c28-17-10-12-21-23(14-17)31-24-15-18(29)11-13-22(24)26(21)20-9-5-4-8-19(20)25(30)27(26)16-6-2-1-3-7-16/h1-15,28-29H. The molecule has 31 heavy (non-hydrogen) atoms. The lowest BCUT2D eigenvalue weighted by atomic mass is 9.74. The van der Waals surface area contributed by atoms with Gasteiger partial charge in [0.05, 0.1) is 0 Å². The van der Waals surface area contributed by atoms with Crippen LogP contribution in [-0.2, 0) is 5.54 Å². The number of nitrogens with zero attached hydrogens (tertiary/aromatic N) is 1. The van der Waals surface area contributed by atoms with Gasteiger partial charge < -0.3 is 14.9 Å². The molecule has 2 aliphatic rings. The minimum Gasteiger partial charge on any atom is -0.508 e. The average Bonchev–Trinajstić information content (AvgIpc) is 3.03. The monoisotopic (exact) mass is 407 g/mol. The molecule has 0 atom stereocenters. The van der Waals surface area contributed by atoms with E-state index in [1.807, 2.05) is 54.6 Å². The van der Waals surface area contributed by atoms with Gasteiger partial charge in [0.1, 0.15) is 28.5 Å². The van der Waals surface area contributed by atoms with Crippen molar-refractivity contribution in [3.05, 3.63) is 113 Å². The van der Waals surface area contributed by atoms with Crippen molar-refractivity contribution in [3.8, 4) is 23.0 Å².